The third-order valence-corrected chi connectivity index (χ3v) is 5.08. The van der Waals surface area contributed by atoms with Crippen LogP contribution in [0.1, 0.15) is 47.5 Å². The number of aromatic nitrogens is 3. The number of rotatable bonds is 4. The van der Waals surface area contributed by atoms with E-state index in [1.807, 2.05) is 18.2 Å². The molecule has 7 nitrogen and oxygen atoms in total. The second-order valence-electron chi connectivity index (χ2n) is 7.21. The van der Waals surface area contributed by atoms with Gasteiger partial charge in [-0.2, -0.15) is 0 Å². The maximum Gasteiger partial charge on any atom is 0.255 e. The molecule has 0 saturated heterocycles. The van der Waals surface area contributed by atoms with E-state index in [0.717, 1.165) is 55.4 Å². The topological polar surface area (TPSA) is 81.1 Å². The third-order valence-electron chi connectivity index (χ3n) is 5.08. The van der Waals surface area contributed by atoms with E-state index in [1.165, 1.54) is 0 Å². The van der Waals surface area contributed by atoms with Crippen molar-refractivity contribution < 1.29 is 9.53 Å². The Kier molecular flexibility index (Phi) is 4.63. The summed E-state index contributed by atoms with van der Waals surface area (Å²) in [6, 6.07) is 5.57. The molecular weight excluding hydrogens is 330 g/mol. The summed E-state index contributed by atoms with van der Waals surface area (Å²) in [5.41, 5.74) is 1.70. The van der Waals surface area contributed by atoms with Crippen molar-refractivity contribution in [2.75, 3.05) is 19.7 Å². The number of para-hydroxylation sites is 1. The smallest absolute Gasteiger partial charge is 0.255 e. The highest BCUT2D eigenvalue weighted by Crippen LogP contribution is 2.30. The molecule has 2 aliphatic rings. The van der Waals surface area contributed by atoms with Gasteiger partial charge < -0.3 is 19.9 Å². The van der Waals surface area contributed by atoms with Crippen molar-refractivity contribution in [1.29, 1.82) is 0 Å². The van der Waals surface area contributed by atoms with Crippen molar-refractivity contribution in [3.63, 3.8) is 0 Å². The van der Waals surface area contributed by atoms with Gasteiger partial charge in [0.15, 0.2) is 5.82 Å². The molecule has 1 aromatic heterocycles. The number of hydrogen-bond acceptors (Lipinski definition) is 5. The minimum atomic E-state index is -0.195. The molecule has 0 aliphatic carbocycles. The lowest BCUT2D eigenvalue weighted by atomic mass is 10.0. The van der Waals surface area contributed by atoms with Gasteiger partial charge in [-0.15, -0.1) is 10.2 Å². The van der Waals surface area contributed by atoms with Gasteiger partial charge in [0.05, 0.1) is 18.2 Å². The maximum atomic E-state index is 13.0. The molecule has 7 heteroatoms. The number of ether oxygens (including phenoxy) is 1. The highest BCUT2D eigenvalue weighted by molar-refractivity contribution is 5.97. The summed E-state index contributed by atoms with van der Waals surface area (Å²) in [4.78, 5) is 13.0. The number of fused-ring (bicyclic) bond motifs is 2. The molecule has 138 valence electrons. The van der Waals surface area contributed by atoms with Crippen LogP contribution in [-0.2, 0) is 19.4 Å². The minimum absolute atomic E-state index is 0.119. The Morgan fingerprint density at radius 3 is 3.00 bits per heavy atom. The van der Waals surface area contributed by atoms with Crippen LogP contribution < -0.4 is 15.4 Å². The molecule has 26 heavy (non-hydrogen) atoms. The monoisotopic (exact) mass is 355 g/mol. The van der Waals surface area contributed by atoms with Gasteiger partial charge in [0, 0.05) is 32.5 Å². The molecule has 0 saturated carbocycles. The fraction of sp³-hybridized carbons (Fsp3) is 0.526. The van der Waals surface area contributed by atoms with Gasteiger partial charge in [0.2, 0.25) is 0 Å². The van der Waals surface area contributed by atoms with Crippen LogP contribution in [0.5, 0.6) is 5.75 Å². The van der Waals surface area contributed by atoms with Crippen molar-refractivity contribution in [2.45, 2.75) is 39.3 Å². The van der Waals surface area contributed by atoms with Crippen LogP contribution in [-0.4, -0.2) is 40.4 Å². The summed E-state index contributed by atoms with van der Waals surface area (Å²) >= 11 is 0. The zero-order chi connectivity index (χ0) is 18.1. The van der Waals surface area contributed by atoms with E-state index in [4.69, 9.17) is 4.74 Å². The molecule has 2 aromatic rings. The number of benzene rings is 1. The molecule has 0 bridgehead atoms. The van der Waals surface area contributed by atoms with E-state index in [2.05, 4.69) is 39.2 Å². The number of carbonyl (C=O) groups is 1. The Morgan fingerprint density at radius 1 is 1.27 bits per heavy atom. The summed E-state index contributed by atoms with van der Waals surface area (Å²) < 4.78 is 7.84. The largest absolute Gasteiger partial charge is 0.492 e. The molecule has 1 aromatic carbocycles. The predicted molar refractivity (Wildman–Crippen MR) is 97.3 cm³/mol. The lowest BCUT2D eigenvalue weighted by Crippen LogP contribution is -2.34. The highest BCUT2D eigenvalue weighted by Gasteiger charge is 2.28. The van der Waals surface area contributed by atoms with Gasteiger partial charge in [-0.05, 0) is 17.5 Å². The summed E-state index contributed by atoms with van der Waals surface area (Å²) in [5, 5.41) is 15.3. The first kappa shape index (κ1) is 17.0. The van der Waals surface area contributed by atoms with E-state index in [0.29, 0.717) is 12.2 Å². The molecule has 0 radical (unpaired) electrons. The van der Waals surface area contributed by atoms with Crippen LogP contribution in [0.25, 0.3) is 0 Å². The molecule has 1 unspecified atom stereocenters. The van der Waals surface area contributed by atoms with E-state index in [9.17, 15) is 4.79 Å². The fourth-order valence-electron chi connectivity index (χ4n) is 3.67. The average Bonchev–Trinajstić information content (AvgIpc) is 3.20. The van der Waals surface area contributed by atoms with Crippen LogP contribution >= 0.6 is 0 Å². The molecule has 2 N–H and O–H groups in total. The number of carbonyl (C=O) groups excluding carboxylic acids is 1. The van der Waals surface area contributed by atoms with Crippen molar-refractivity contribution in [3.8, 4) is 5.75 Å². The van der Waals surface area contributed by atoms with E-state index in [1.54, 1.807) is 0 Å². The van der Waals surface area contributed by atoms with E-state index < -0.39 is 0 Å². The first-order chi connectivity index (χ1) is 12.6. The zero-order valence-electron chi connectivity index (χ0n) is 15.3. The molecule has 0 fully saturated rings. The number of amides is 1. The van der Waals surface area contributed by atoms with Gasteiger partial charge in [-0.25, -0.2) is 0 Å². The molecule has 1 atom stereocenters. The number of hydrogen-bond donors (Lipinski definition) is 2. The van der Waals surface area contributed by atoms with Crippen molar-refractivity contribution in [2.24, 2.45) is 5.92 Å². The minimum Gasteiger partial charge on any atom is -0.492 e. The standard InChI is InChI=1S/C19H25N5O2/c1-12(2)16(18-23-22-15-6-8-20-9-10-24(15)18)21-19(25)14-5-3-4-13-7-11-26-17(13)14/h3-5,12,16,20H,6-11H2,1-2H3,(H,21,25). The normalized spacial score (nSPS) is 17.2. The predicted octanol–water partition coefficient (Wildman–Crippen LogP) is 1.49. The molecular formula is C19H25N5O2. The number of nitrogens with one attached hydrogen (secondary N) is 2. The van der Waals surface area contributed by atoms with Gasteiger partial charge >= 0.3 is 0 Å². The van der Waals surface area contributed by atoms with Crippen LogP contribution in [0.3, 0.4) is 0 Å². The summed E-state index contributed by atoms with van der Waals surface area (Å²) in [6.45, 7) is 7.43. The number of nitrogens with zero attached hydrogens (tertiary/aromatic N) is 3. The summed E-state index contributed by atoms with van der Waals surface area (Å²) in [6.07, 6.45) is 1.71. The van der Waals surface area contributed by atoms with E-state index >= 15 is 0 Å². The van der Waals surface area contributed by atoms with Crippen molar-refractivity contribution >= 4 is 5.91 Å². The zero-order valence-corrected chi connectivity index (χ0v) is 15.3. The second kappa shape index (κ2) is 7.07. The Balaban J connectivity index is 1.62. The Bertz CT molecular complexity index is 814. The van der Waals surface area contributed by atoms with Gasteiger partial charge in [-0.3, -0.25) is 4.79 Å². The first-order valence-electron chi connectivity index (χ1n) is 9.33. The van der Waals surface area contributed by atoms with Crippen LogP contribution in [0, 0.1) is 5.92 Å². The molecule has 1 amide bonds. The lowest BCUT2D eigenvalue weighted by Gasteiger charge is -2.23. The van der Waals surface area contributed by atoms with Crippen LogP contribution in [0.15, 0.2) is 18.2 Å². The Labute approximate surface area is 153 Å². The summed E-state index contributed by atoms with van der Waals surface area (Å²) in [7, 11) is 0. The quantitative estimate of drug-likeness (QED) is 0.868. The van der Waals surface area contributed by atoms with Crippen LogP contribution in [0.4, 0.5) is 0 Å². The summed E-state index contributed by atoms with van der Waals surface area (Å²) in [5.74, 6) is 2.61. The molecule has 0 spiro atoms. The Morgan fingerprint density at radius 2 is 2.15 bits per heavy atom. The Hall–Kier alpha value is -2.41. The lowest BCUT2D eigenvalue weighted by molar-refractivity contribution is 0.0918. The van der Waals surface area contributed by atoms with Crippen LogP contribution in [0.2, 0.25) is 0 Å². The third kappa shape index (κ3) is 3.07. The average molecular weight is 355 g/mol. The maximum absolute atomic E-state index is 13.0. The van der Waals surface area contributed by atoms with E-state index in [-0.39, 0.29) is 17.9 Å². The van der Waals surface area contributed by atoms with Crippen molar-refractivity contribution in [3.05, 3.63) is 41.0 Å². The SMILES string of the molecule is CC(C)C(NC(=O)c1cccc2c1OCC2)c1nnc2n1CCNCC2. The molecule has 3 heterocycles. The van der Waals surface area contributed by atoms with Crippen molar-refractivity contribution in [1.82, 2.24) is 25.4 Å². The highest BCUT2D eigenvalue weighted by atomic mass is 16.5. The first-order valence-corrected chi connectivity index (χ1v) is 9.33. The fourth-order valence-corrected chi connectivity index (χ4v) is 3.67. The molecule has 2 aliphatic heterocycles. The van der Waals surface area contributed by atoms with Gasteiger partial charge in [0.1, 0.15) is 11.6 Å². The second-order valence-corrected chi connectivity index (χ2v) is 7.21. The van der Waals surface area contributed by atoms with Gasteiger partial charge in [0.25, 0.3) is 5.91 Å². The van der Waals surface area contributed by atoms with Gasteiger partial charge in [-0.1, -0.05) is 26.0 Å². The molecule has 4 rings (SSSR count).